The fourth-order valence-electron chi connectivity index (χ4n) is 3.12. The van der Waals surface area contributed by atoms with Crippen LogP contribution in [0.4, 0.5) is 0 Å². The van der Waals surface area contributed by atoms with E-state index in [0.29, 0.717) is 18.8 Å². The minimum atomic E-state index is -0.0649. The van der Waals surface area contributed by atoms with Crippen molar-refractivity contribution < 1.29 is 4.52 Å². The van der Waals surface area contributed by atoms with E-state index in [2.05, 4.69) is 21.2 Å². The molecule has 0 aliphatic carbocycles. The average molecular weight is 360 g/mol. The van der Waals surface area contributed by atoms with Gasteiger partial charge in [0.25, 0.3) is 5.56 Å². The van der Waals surface area contributed by atoms with Gasteiger partial charge in [0.2, 0.25) is 0 Å². The lowest BCUT2D eigenvalue weighted by Crippen LogP contribution is -2.23. The number of nitrogens with one attached hydrogen (secondary N) is 1. The number of aromatic nitrogens is 3. The molecular formula is C21H20N4O2. The standard InChI is InChI=1S/C21H20N4O2/c1-14-6-7-18-15(9-14)10-16(21(26)23-18)12-25(2)13-17-11-20(24-27-17)19-5-3-4-8-22-19/h3-11H,12-13H2,1-2H3,(H,23,26). The molecule has 4 rings (SSSR count). The molecule has 0 amide bonds. The summed E-state index contributed by atoms with van der Waals surface area (Å²) in [6.45, 7) is 3.10. The van der Waals surface area contributed by atoms with Crippen molar-refractivity contribution in [3.8, 4) is 11.4 Å². The molecule has 0 fully saturated rings. The summed E-state index contributed by atoms with van der Waals surface area (Å²) in [6, 6.07) is 15.5. The monoisotopic (exact) mass is 360 g/mol. The molecule has 0 unspecified atom stereocenters. The van der Waals surface area contributed by atoms with E-state index >= 15 is 0 Å². The second-order valence-corrected chi connectivity index (χ2v) is 6.78. The summed E-state index contributed by atoms with van der Waals surface area (Å²) in [5.41, 5.74) is 4.16. The molecule has 3 heterocycles. The fraction of sp³-hybridized carbons (Fsp3) is 0.190. The predicted molar refractivity (Wildman–Crippen MR) is 104 cm³/mol. The van der Waals surface area contributed by atoms with Crippen LogP contribution >= 0.6 is 0 Å². The first-order chi connectivity index (χ1) is 13.1. The number of pyridine rings is 2. The molecule has 0 saturated heterocycles. The second-order valence-electron chi connectivity index (χ2n) is 6.78. The highest BCUT2D eigenvalue weighted by Crippen LogP contribution is 2.18. The molecule has 1 N–H and O–H groups in total. The van der Waals surface area contributed by atoms with E-state index in [-0.39, 0.29) is 5.56 Å². The summed E-state index contributed by atoms with van der Waals surface area (Å²) >= 11 is 0. The minimum Gasteiger partial charge on any atom is -0.359 e. The number of hydrogen-bond acceptors (Lipinski definition) is 5. The van der Waals surface area contributed by atoms with Crippen LogP contribution in [0.3, 0.4) is 0 Å². The predicted octanol–water partition coefficient (Wildman–Crippen LogP) is 3.52. The van der Waals surface area contributed by atoms with Crippen molar-refractivity contribution in [2.24, 2.45) is 0 Å². The Morgan fingerprint density at radius 3 is 2.78 bits per heavy atom. The number of aromatic amines is 1. The zero-order valence-electron chi connectivity index (χ0n) is 15.3. The Labute approximate surface area is 156 Å². The van der Waals surface area contributed by atoms with Gasteiger partial charge in [-0.25, -0.2) is 0 Å². The van der Waals surface area contributed by atoms with Crippen LogP contribution in [0.5, 0.6) is 0 Å². The molecule has 1 aromatic carbocycles. The van der Waals surface area contributed by atoms with Crippen LogP contribution < -0.4 is 5.56 Å². The van der Waals surface area contributed by atoms with Crippen LogP contribution in [0.15, 0.2) is 64.0 Å². The quantitative estimate of drug-likeness (QED) is 0.589. The van der Waals surface area contributed by atoms with Gasteiger partial charge in [-0.3, -0.25) is 14.7 Å². The minimum absolute atomic E-state index is 0.0649. The molecule has 0 aliphatic heterocycles. The third kappa shape index (κ3) is 3.80. The van der Waals surface area contributed by atoms with E-state index in [4.69, 9.17) is 4.52 Å². The number of rotatable bonds is 5. The summed E-state index contributed by atoms with van der Waals surface area (Å²) in [7, 11) is 1.95. The van der Waals surface area contributed by atoms with Crippen LogP contribution in [0.25, 0.3) is 22.3 Å². The van der Waals surface area contributed by atoms with Gasteiger partial charge in [0.1, 0.15) is 5.69 Å². The molecule has 6 nitrogen and oxygen atoms in total. The first-order valence-corrected chi connectivity index (χ1v) is 8.76. The average Bonchev–Trinajstić information content (AvgIpc) is 3.12. The third-order valence-corrected chi connectivity index (χ3v) is 4.43. The van der Waals surface area contributed by atoms with Crippen molar-refractivity contribution in [2.75, 3.05) is 7.05 Å². The molecule has 4 aromatic rings. The molecule has 0 spiro atoms. The molecule has 3 aromatic heterocycles. The number of aryl methyl sites for hydroxylation is 1. The first kappa shape index (κ1) is 17.2. The Bertz CT molecular complexity index is 1130. The molecule has 27 heavy (non-hydrogen) atoms. The largest absolute Gasteiger partial charge is 0.359 e. The Balaban J connectivity index is 1.50. The van der Waals surface area contributed by atoms with Crippen molar-refractivity contribution in [2.45, 2.75) is 20.0 Å². The van der Waals surface area contributed by atoms with Crippen molar-refractivity contribution in [3.05, 3.63) is 82.0 Å². The van der Waals surface area contributed by atoms with Gasteiger partial charge < -0.3 is 9.51 Å². The first-order valence-electron chi connectivity index (χ1n) is 8.76. The summed E-state index contributed by atoms with van der Waals surface area (Å²) in [5.74, 6) is 0.728. The highest BCUT2D eigenvalue weighted by molar-refractivity contribution is 5.79. The van der Waals surface area contributed by atoms with Gasteiger partial charge in [-0.1, -0.05) is 22.9 Å². The van der Waals surface area contributed by atoms with Crippen LogP contribution in [-0.2, 0) is 13.1 Å². The Kier molecular flexibility index (Phi) is 4.56. The van der Waals surface area contributed by atoms with E-state index in [1.807, 2.05) is 61.3 Å². The van der Waals surface area contributed by atoms with Gasteiger partial charge in [-0.15, -0.1) is 0 Å². The lowest BCUT2D eigenvalue weighted by molar-refractivity contribution is 0.266. The highest BCUT2D eigenvalue weighted by atomic mass is 16.5. The Morgan fingerprint density at radius 2 is 1.96 bits per heavy atom. The van der Waals surface area contributed by atoms with E-state index in [1.54, 1.807) is 6.20 Å². The van der Waals surface area contributed by atoms with Crippen molar-refractivity contribution in [1.29, 1.82) is 0 Å². The maximum absolute atomic E-state index is 12.4. The number of H-pyrrole nitrogens is 1. The Morgan fingerprint density at radius 1 is 1.07 bits per heavy atom. The van der Waals surface area contributed by atoms with Crippen LogP contribution in [-0.4, -0.2) is 27.1 Å². The van der Waals surface area contributed by atoms with Crippen LogP contribution in [0.2, 0.25) is 0 Å². The smallest absolute Gasteiger partial charge is 0.252 e. The normalized spacial score (nSPS) is 11.4. The molecule has 6 heteroatoms. The molecule has 136 valence electrons. The summed E-state index contributed by atoms with van der Waals surface area (Å²) in [5, 5.41) is 5.12. The summed E-state index contributed by atoms with van der Waals surface area (Å²) < 4.78 is 5.43. The number of fused-ring (bicyclic) bond motifs is 1. The molecular weight excluding hydrogens is 340 g/mol. The van der Waals surface area contributed by atoms with E-state index in [9.17, 15) is 4.79 Å². The van der Waals surface area contributed by atoms with E-state index < -0.39 is 0 Å². The van der Waals surface area contributed by atoms with Gasteiger partial charge in [0.15, 0.2) is 5.76 Å². The maximum Gasteiger partial charge on any atom is 0.252 e. The lowest BCUT2D eigenvalue weighted by atomic mass is 10.1. The molecule has 0 bridgehead atoms. The van der Waals surface area contributed by atoms with Crippen molar-refractivity contribution in [3.63, 3.8) is 0 Å². The SMILES string of the molecule is Cc1ccc2[nH]c(=O)c(CN(C)Cc3cc(-c4ccccn4)no3)cc2c1. The number of nitrogens with zero attached hydrogens (tertiary/aromatic N) is 3. The molecule has 0 aliphatic rings. The third-order valence-electron chi connectivity index (χ3n) is 4.43. The van der Waals surface area contributed by atoms with Gasteiger partial charge in [-0.2, -0.15) is 0 Å². The summed E-state index contributed by atoms with van der Waals surface area (Å²) in [6.07, 6.45) is 1.73. The van der Waals surface area contributed by atoms with Crippen molar-refractivity contribution in [1.82, 2.24) is 20.0 Å². The van der Waals surface area contributed by atoms with Gasteiger partial charge in [0.05, 0.1) is 12.2 Å². The molecule has 0 radical (unpaired) electrons. The number of benzene rings is 1. The van der Waals surface area contributed by atoms with Crippen molar-refractivity contribution >= 4 is 10.9 Å². The zero-order valence-corrected chi connectivity index (χ0v) is 15.3. The molecule has 0 saturated carbocycles. The van der Waals surface area contributed by atoms with Gasteiger partial charge >= 0.3 is 0 Å². The highest BCUT2D eigenvalue weighted by Gasteiger charge is 2.12. The van der Waals surface area contributed by atoms with E-state index in [0.717, 1.165) is 33.5 Å². The topological polar surface area (TPSA) is 75.0 Å². The summed E-state index contributed by atoms with van der Waals surface area (Å²) in [4.78, 5) is 21.6. The fourth-order valence-corrected chi connectivity index (χ4v) is 3.12. The van der Waals surface area contributed by atoms with Gasteiger partial charge in [-0.05, 0) is 49.7 Å². The lowest BCUT2D eigenvalue weighted by Gasteiger charge is -2.14. The van der Waals surface area contributed by atoms with Crippen LogP contribution in [0, 0.1) is 6.92 Å². The molecule has 0 atom stereocenters. The van der Waals surface area contributed by atoms with Crippen LogP contribution in [0.1, 0.15) is 16.9 Å². The number of hydrogen-bond donors (Lipinski definition) is 1. The van der Waals surface area contributed by atoms with E-state index in [1.165, 1.54) is 0 Å². The Hall–Kier alpha value is -3.25. The zero-order chi connectivity index (χ0) is 18.8. The maximum atomic E-state index is 12.4. The van der Waals surface area contributed by atoms with Gasteiger partial charge in [0, 0.05) is 29.9 Å². The second kappa shape index (κ2) is 7.17.